The number of fused-ring (bicyclic) bond motifs is 3. The lowest BCUT2D eigenvalue weighted by atomic mass is 9.51. The number of unbranched alkanes of at least 4 members (excludes halogenated alkanes) is 2. The molecule has 0 unspecified atom stereocenters. The van der Waals surface area contributed by atoms with E-state index in [1.54, 1.807) is 0 Å². The Kier molecular flexibility index (Phi) is 7.78. The van der Waals surface area contributed by atoms with Gasteiger partial charge in [-0.3, -0.25) is 0 Å². The van der Waals surface area contributed by atoms with E-state index < -0.39 is 0 Å². The molecule has 3 fully saturated rings. The quantitative estimate of drug-likeness (QED) is 0.338. The van der Waals surface area contributed by atoms with E-state index >= 15 is 0 Å². The predicted molar refractivity (Wildman–Crippen MR) is 140 cm³/mol. The van der Waals surface area contributed by atoms with Crippen LogP contribution in [0.3, 0.4) is 0 Å². The summed E-state index contributed by atoms with van der Waals surface area (Å²) < 4.78 is 0. The average molecular weight is 453 g/mol. The number of aryl methyl sites for hydroxylation is 2. The molecule has 34 heavy (non-hydrogen) atoms. The highest BCUT2D eigenvalue weighted by Crippen LogP contribution is 2.60. The number of nitrogens with zero attached hydrogens (tertiary/aromatic N) is 2. The maximum atomic E-state index is 10.0. The molecule has 3 saturated carbocycles. The van der Waals surface area contributed by atoms with Gasteiger partial charge in [-0.15, -0.1) is 0 Å². The number of nitriles is 2. The van der Waals surface area contributed by atoms with Crippen molar-refractivity contribution in [3.8, 4) is 23.3 Å². The first-order valence-electron chi connectivity index (χ1n) is 13.6. The monoisotopic (exact) mass is 452 g/mol. The van der Waals surface area contributed by atoms with Crippen LogP contribution in [0.15, 0.2) is 36.4 Å². The Hall–Kier alpha value is -2.58. The molecule has 2 heteroatoms. The van der Waals surface area contributed by atoms with E-state index in [4.69, 9.17) is 0 Å². The largest absolute Gasteiger partial charge is 0.192 e. The third-order valence-electron chi connectivity index (χ3n) is 9.11. The molecule has 2 aromatic rings. The summed E-state index contributed by atoms with van der Waals surface area (Å²) in [7, 11) is 0. The second-order valence-corrected chi connectivity index (χ2v) is 11.1. The van der Waals surface area contributed by atoms with Gasteiger partial charge in [0.05, 0.1) is 11.1 Å². The molecule has 0 saturated heterocycles. The molecule has 0 aliphatic heterocycles. The van der Waals surface area contributed by atoms with E-state index in [-0.39, 0.29) is 0 Å². The van der Waals surface area contributed by atoms with E-state index in [9.17, 15) is 10.5 Å². The van der Waals surface area contributed by atoms with Crippen LogP contribution in [0.25, 0.3) is 11.1 Å². The lowest BCUT2D eigenvalue weighted by molar-refractivity contribution is -0.0195. The summed E-state index contributed by atoms with van der Waals surface area (Å²) in [5, 5.41) is 20.0. The second kappa shape index (κ2) is 10.8. The fraction of sp³-hybridized carbons (Fsp3) is 0.562. The maximum absolute atomic E-state index is 10.0. The highest BCUT2D eigenvalue weighted by atomic mass is 14.5. The smallest absolute Gasteiger partial charge is 0.101 e. The molecule has 0 atom stereocenters. The summed E-state index contributed by atoms with van der Waals surface area (Å²) in [6.07, 6.45) is 17.8. The molecular weight excluding hydrogens is 412 g/mol. The Bertz CT molecular complexity index is 1040. The van der Waals surface area contributed by atoms with E-state index in [0.717, 1.165) is 36.0 Å². The number of benzene rings is 2. The van der Waals surface area contributed by atoms with Crippen LogP contribution in [-0.4, -0.2) is 0 Å². The van der Waals surface area contributed by atoms with Crippen molar-refractivity contribution in [1.29, 1.82) is 10.5 Å². The van der Waals surface area contributed by atoms with E-state index in [0.29, 0.717) is 22.0 Å². The summed E-state index contributed by atoms with van der Waals surface area (Å²) in [5.41, 5.74) is 6.56. The van der Waals surface area contributed by atoms with Crippen molar-refractivity contribution in [1.82, 2.24) is 0 Å². The number of hydrogen-bond acceptors (Lipinski definition) is 2. The lowest BCUT2D eigenvalue weighted by Gasteiger charge is -2.54. The molecule has 0 heterocycles. The summed E-state index contributed by atoms with van der Waals surface area (Å²) in [5.74, 6) is 0. The fourth-order valence-corrected chi connectivity index (χ4v) is 6.79. The topological polar surface area (TPSA) is 47.6 Å². The van der Waals surface area contributed by atoms with Gasteiger partial charge in [0.1, 0.15) is 12.1 Å². The molecule has 178 valence electrons. The molecule has 0 N–H and O–H groups in total. The van der Waals surface area contributed by atoms with Crippen LogP contribution in [0, 0.1) is 33.5 Å². The van der Waals surface area contributed by atoms with Crippen LogP contribution in [0.1, 0.15) is 113 Å². The Morgan fingerprint density at radius 1 is 0.676 bits per heavy atom. The molecule has 3 aliphatic carbocycles. The van der Waals surface area contributed by atoms with Gasteiger partial charge in [0.25, 0.3) is 0 Å². The van der Waals surface area contributed by atoms with E-state index in [1.165, 1.54) is 76.2 Å². The zero-order valence-electron chi connectivity index (χ0n) is 21.3. The van der Waals surface area contributed by atoms with Gasteiger partial charge in [-0.2, -0.15) is 10.5 Å². The minimum Gasteiger partial charge on any atom is -0.192 e. The zero-order valence-corrected chi connectivity index (χ0v) is 21.3. The van der Waals surface area contributed by atoms with Crippen LogP contribution < -0.4 is 0 Å². The highest BCUT2D eigenvalue weighted by molar-refractivity contribution is 5.75. The van der Waals surface area contributed by atoms with Crippen molar-refractivity contribution in [3.05, 3.63) is 58.7 Å². The normalized spacial score (nSPS) is 23.4. The van der Waals surface area contributed by atoms with Gasteiger partial charge in [-0.1, -0.05) is 69.5 Å². The van der Waals surface area contributed by atoms with Gasteiger partial charge < -0.3 is 0 Å². The Morgan fingerprint density at radius 3 is 1.85 bits per heavy atom. The molecular formula is C32H40N2. The van der Waals surface area contributed by atoms with Gasteiger partial charge in [0, 0.05) is 5.56 Å². The van der Waals surface area contributed by atoms with Crippen molar-refractivity contribution >= 4 is 0 Å². The number of rotatable bonds is 10. The SMILES string of the molecule is CCCCCc1ccc(-c2ccc(CCC34CCC(CCC)(CC3)CC4)c(C#N)c2C#N)cc1. The molecule has 0 radical (unpaired) electrons. The summed E-state index contributed by atoms with van der Waals surface area (Å²) in [6.45, 7) is 4.55. The van der Waals surface area contributed by atoms with Gasteiger partial charge >= 0.3 is 0 Å². The van der Waals surface area contributed by atoms with E-state index in [1.807, 2.05) is 0 Å². The second-order valence-electron chi connectivity index (χ2n) is 11.1. The minimum absolute atomic E-state index is 0.460. The van der Waals surface area contributed by atoms with Crippen LogP contribution in [0.5, 0.6) is 0 Å². The van der Waals surface area contributed by atoms with Crippen molar-refractivity contribution in [2.75, 3.05) is 0 Å². The summed E-state index contributed by atoms with van der Waals surface area (Å²) >= 11 is 0. The summed E-state index contributed by atoms with van der Waals surface area (Å²) in [4.78, 5) is 0. The molecule has 0 amide bonds. The van der Waals surface area contributed by atoms with Gasteiger partial charge in [0.2, 0.25) is 0 Å². The minimum atomic E-state index is 0.460. The molecule has 0 spiro atoms. The predicted octanol–water partition coefficient (Wildman–Crippen LogP) is 8.90. The van der Waals surface area contributed by atoms with Crippen LogP contribution >= 0.6 is 0 Å². The molecule has 2 bridgehead atoms. The van der Waals surface area contributed by atoms with Gasteiger partial charge in [-0.05, 0) is 98.1 Å². The van der Waals surface area contributed by atoms with Crippen LogP contribution in [0.2, 0.25) is 0 Å². The Labute approximate surface area is 207 Å². The summed E-state index contributed by atoms with van der Waals surface area (Å²) in [6, 6.07) is 17.6. The molecule has 2 nitrogen and oxygen atoms in total. The highest BCUT2D eigenvalue weighted by Gasteiger charge is 2.47. The van der Waals surface area contributed by atoms with Crippen LogP contribution in [0.4, 0.5) is 0 Å². The first-order valence-corrected chi connectivity index (χ1v) is 13.6. The molecule has 0 aromatic heterocycles. The first-order chi connectivity index (χ1) is 16.6. The maximum Gasteiger partial charge on any atom is 0.101 e. The van der Waals surface area contributed by atoms with Gasteiger partial charge in [-0.25, -0.2) is 0 Å². The van der Waals surface area contributed by atoms with Gasteiger partial charge in [0.15, 0.2) is 0 Å². The standard InChI is InChI=1S/C32H40N2/c1-3-5-6-7-25-8-10-26(11-9-25)28-13-12-27(29(23-33)30(28)24-34)14-16-32-20-17-31(15-4-2,18-21-32)19-22-32/h8-13H,3-7,14-22H2,1-2H3. The zero-order chi connectivity index (χ0) is 24.0. The molecule has 2 aromatic carbocycles. The number of hydrogen-bond donors (Lipinski definition) is 0. The van der Waals surface area contributed by atoms with Crippen molar-refractivity contribution in [2.45, 2.75) is 104 Å². The first kappa shape index (κ1) is 24.5. The van der Waals surface area contributed by atoms with Crippen molar-refractivity contribution < 1.29 is 0 Å². The Balaban J connectivity index is 1.49. The molecule has 3 aliphatic rings. The molecule has 5 rings (SSSR count). The van der Waals surface area contributed by atoms with Crippen molar-refractivity contribution in [3.63, 3.8) is 0 Å². The third-order valence-corrected chi connectivity index (χ3v) is 9.11. The van der Waals surface area contributed by atoms with E-state index in [2.05, 4.69) is 62.4 Å². The Morgan fingerprint density at radius 2 is 1.29 bits per heavy atom. The van der Waals surface area contributed by atoms with Crippen molar-refractivity contribution in [2.24, 2.45) is 10.8 Å². The average Bonchev–Trinajstić information content (AvgIpc) is 2.88. The lowest BCUT2D eigenvalue weighted by Crippen LogP contribution is -2.41. The third kappa shape index (κ3) is 5.08. The fourth-order valence-electron chi connectivity index (χ4n) is 6.79. The van der Waals surface area contributed by atoms with Crippen LogP contribution in [-0.2, 0) is 12.8 Å².